The number of fused-ring (bicyclic) bond motifs is 1. The van der Waals surface area contributed by atoms with Crippen molar-refractivity contribution < 1.29 is 37.0 Å². The second kappa shape index (κ2) is 15.2. The predicted octanol–water partition coefficient (Wildman–Crippen LogP) is 1.98. The highest BCUT2D eigenvalue weighted by atomic mass is 32.2. The number of rotatable bonds is 14. The van der Waals surface area contributed by atoms with Crippen molar-refractivity contribution in [2.75, 3.05) is 38.7 Å². The molecule has 2 aromatic heterocycles. The summed E-state index contributed by atoms with van der Waals surface area (Å²) in [5, 5.41) is 2.35. The van der Waals surface area contributed by atoms with Gasteiger partial charge in [-0.3, -0.25) is 19.5 Å². The second-order valence-electron chi connectivity index (χ2n) is 9.24. The fourth-order valence-electron chi connectivity index (χ4n) is 3.87. The lowest BCUT2D eigenvalue weighted by molar-refractivity contribution is -0.149. The molecular formula is C28H30N6O9S2. The highest BCUT2D eigenvalue weighted by molar-refractivity contribution is 7.91. The van der Waals surface area contributed by atoms with E-state index in [-0.39, 0.29) is 36.5 Å². The molecule has 45 heavy (non-hydrogen) atoms. The average Bonchev–Trinajstić information content (AvgIpc) is 3.47. The molecule has 17 heteroatoms. The van der Waals surface area contributed by atoms with Gasteiger partial charge >= 0.3 is 17.8 Å². The van der Waals surface area contributed by atoms with Crippen molar-refractivity contribution in [3.05, 3.63) is 76.8 Å². The van der Waals surface area contributed by atoms with Gasteiger partial charge in [0.2, 0.25) is 10.2 Å². The summed E-state index contributed by atoms with van der Waals surface area (Å²) in [4.78, 5) is 59.0. The maximum absolute atomic E-state index is 13.1. The monoisotopic (exact) mass is 658 g/mol. The summed E-state index contributed by atoms with van der Waals surface area (Å²) in [7, 11) is -2.46. The summed E-state index contributed by atoms with van der Waals surface area (Å²) in [5.74, 6) is -0.833. The van der Waals surface area contributed by atoms with Crippen molar-refractivity contribution in [2.24, 2.45) is 0 Å². The number of anilines is 1. The van der Waals surface area contributed by atoms with E-state index >= 15 is 0 Å². The van der Waals surface area contributed by atoms with Crippen LogP contribution in [0.1, 0.15) is 12.5 Å². The molecule has 0 bridgehead atoms. The molecule has 4 rings (SSSR count). The Bertz CT molecular complexity index is 1790. The molecule has 0 aliphatic carbocycles. The van der Waals surface area contributed by atoms with Gasteiger partial charge in [-0.2, -0.15) is 4.98 Å². The molecule has 0 spiro atoms. The van der Waals surface area contributed by atoms with Crippen molar-refractivity contribution in [1.29, 1.82) is 0 Å². The highest BCUT2D eigenvalue weighted by Gasteiger charge is 2.23. The SMILES string of the molecule is CCOC(=O)CN(CCNS(=O)(=O)c1nc2ccccc2s1)C(=O)Cn1ccc(NC(=O)OCc2ccc(OC)cc2)nc1=O. The van der Waals surface area contributed by atoms with Crippen LogP contribution in [0.5, 0.6) is 5.75 Å². The molecule has 0 aliphatic rings. The number of esters is 1. The molecule has 4 aromatic rings. The number of aromatic nitrogens is 3. The zero-order chi connectivity index (χ0) is 32.4. The van der Waals surface area contributed by atoms with E-state index in [2.05, 4.69) is 20.0 Å². The van der Waals surface area contributed by atoms with E-state index in [9.17, 15) is 27.6 Å². The first-order valence-electron chi connectivity index (χ1n) is 13.5. The van der Waals surface area contributed by atoms with Gasteiger partial charge in [-0.1, -0.05) is 24.3 Å². The smallest absolute Gasteiger partial charge is 0.413 e. The third-order valence-electron chi connectivity index (χ3n) is 6.09. The Morgan fingerprint density at radius 1 is 1.02 bits per heavy atom. The van der Waals surface area contributed by atoms with Gasteiger partial charge in [0.05, 0.1) is 23.9 Å². The molecule has 2 N–H and O–H groups in total. The molecule has 2 aromatic carbocycles. The fourth-order valence-corrected chi connectivity index (χ4v) is 6.16. The third-order valence-corrected chi connectivity index (χ3v) is 8.97. The van der Waals surface area contributed by atoms with Gasteiger partial charge in [0.25, 0.3) is 10.0 Å². The van der Waals surface area contributed by atoms with E-state index in [1.54, 1.807) is 55.5 Å². The van der Waals surface area contributed by atoms with Crippen LogP contribution in [-0.2, 0) is 42.2 Å². The number of hydrogen-bond acceptors (Lipinski definition) is 12. The molecule has 0 aliphatic heterocycles. The lowest BCUT2D eigenvalue weighted by Crippen LogP contribution is -2.44. The first-order valence-corrected chi connectivity index (χ1v) is 15.8. The zero-order valence-electron chi connectivity index (χ0n) is 24.3. The number of sulfonamides is 1. The first kappa shape index (κ1) is 33.0. The van der Waals surface area contributed by atoms with E-state index in [1.807, 2.05) is 0 Å². The summed E-state index contributed by atoms with van der Waals surface area (Å²) in [6, 6.07) is 15.1. The number of hydrogen-bond donors (Lipinski definition) is 2. The molecule has 0 atom stereocenters. The summed E-state index contributed by atoms with van der Waals surface area (Å²) in [5.41, 5.74) is 0.390. The third kappa shape index (κ3) is 9.31. The Labute approximate surface area is 261 Å². The summed E-state index contributed by atoms with van der Waals surface area (Å²) in [6.45, 7) is 0.211. The Morgan fingerprint density at radius 2 is 1.78 bits per heavy atom. The van der Waals surface area contributed by atoms with Gasteiger partial charge in [0.15, 0.2) is 0 Å². The topological polar surface area (TPSA) is 188 Å². The molecule has 0 saturated carbocycles. The molecule has 0 fully saturated rings. The number of carbonyl (C=O) groups excluding carboxylic acids is 3. The van der Waals surface area contributed by atoms with Crippen LogP contribution >= 0.6 is 11.3 Å². The minimum Gasteiger partial charge on any atom is -0.497 e. The van der Waals surface area contributed by atoms with Gasteiger partial charge in [0, 0.05) is 19.3 Å². The predicted molar refractivity (Wildman–Crippen MR) is 163 cm³/mol. The second-order valence-corrected chi connectivity index (χ2v) is 12.2. The Hall–Kier alpha value is -4.87. The van der Waals surface area contributed by atoms with Crippen molar-refractivity contribution in [3.63, 3.8) is 0 Å². The number of nitrogens with zero attached hydrogens (tertiary/aromatic N) is 4. The van der Waals surface area contributed by atoms with E-state index in [1.165, 1.54) is 19.4 Å². The Balaban J connectivity index is 1.35. The lowest BCUT2D eigenvalue weighted by atomic mass is 10.2. The van der Waals surface area contributed by atoms with Crippen LogP contribution in [0.3, 0.4) is 0 Å². The Kier molecular flexibility index (Phi) is 11.2. The largest absolute Gasteiger partial charge is 0.497 e. The molecule has 0 radical (unpaired) electrons. The van der Waals surface area contributed by atoms with Crippen molar-refractivity contribution >= 4 is 55.4 Å². The molecular weight excluding hydrogens is 628 g/mol. The fraction of sp³-hybridized carbons (Fsp3) is 0.286. The van der Waals surface area contributed by atoms with Crippen molar-refractivity contribution in [2.45, 2.75) is 24.4 Å². The number of carbonyl (C=O) groups is 3. The minimum atomic E-state index is -4.00. The number of thiazole rings is 1. The highest BCUT2D eigenvalue weighted by Crippen LogP contribution is 2.24. The molecule has 2 amide bonds. The van der Waals surface area contributed by atoms with Gasteiger partial charge < -0.3 is 19.1 Å². The van der Waals surface area contributed by atoms with Gasteiger partial charge in [-0.05, 0) is 42.8 Å². The first-order chi connectivity index (χ1) is 21.6. The number of amides is 2. The van der Waals surface area contributed by atoms with E-state index in [0.717, 1.165) is 20.8 Å². The number of benzene rings is 2. The molecule has 2 heterocycles. The van der Waals surface area contributed by atoms with Crippen LogP contribution in [0.4, 0.5) is 10.6 Å². The molecule has 0 unspecified atom stereocenters. The zero-order valence-corrected chi connectivity index (χ0v) is 25.9. The van der Waals surface area contributed by atoms with E-state index in [0.29, 0.717) is 21.5 Å². The van der Waals surface area contributed by atoms with Gasteiger partial charge in [0.1, 0.15) is 31.3 Å². The summed E-state index contributed by atoms with van der Waals surface area (Å²) >= 11 is 0.998. The Morgan fingerprint density at radius 3 is 2.47 bits per heavy atom. The van der Waals surface area contributed by atoms with Crippen LogP contribution in [0.25, 0.3) is 10.2 Å². The maximum atomic E-state index is 13.1. The van der Waals surface area contributed by atoms with Crippen LogP contribution in [-0.4, -0.2) is 79.2 Å². The maximum Gasteiger partial charge on any atom is 0.413 e. The average molecular weight is 659 g/mol. The number of para-hydroxylation sites is 1. The van der Waals surface area contributed by atoms with Crippen LogP contribution in [0, 0.1) is 0 Å². The number of ether oxygens (including phenoxy) is 3. The lowest BCUT2D eigenvalue weighted by Gasteiger charge is -2.22. The van der Waals surface area contributed by atoms with Crippen molar-refractivity contribution in [1.82, 2.24) is 24.2 Å². The number of methoxy groups -OCH3 is 1. The quantitative estimate of drug-likeness (QED) is 0.189. The van der Waals surface area contributed by atoms with Gasteiger partial charge in [-0.25, -0.2) is 27.7 Å². The van der Waals surface area contributed by atoms with E-state index in [4.69, 9.17) is 14.2 Å². The van der Waals surface area contributed by atoms with Crippen LogP contribution in [0.2, 0.25) is 0 Å². The summed E-state index contributed by atoms with van der Waals surface area (Å²) < 4.78 is 44.7. The van der Waals surface area contributed by atoms with Gasteiger partial charge in [-0.15, -0.1) is 11.3 Å². The minimum absolute atomic E-state index is 0.0333. The van der Waals surface area contributed by atoms with E-state index < -0.39 is 46.8 Å². The van der Waals surface area contributed by atoms with Crippen molar-refractivity contribution in [3.8, 4) is 5.75 Å². The standard InChI is InChI=1S/C28H30N6O9S2/c1-3-42-25(36)17-33(15-13-29-45(39,40)28-30-21-6-4-5-7-22(21)44-28)24(35)16-34-14-12-23(31-26(34)37)32-27(38)43-18-19-8-10-20(41-2)11-9-19/h4-12,14,29H,3,13,15-18H2,1-2H3,(H,31,32,37,38). The van der Waals surface area contributed by atoms with Crippen LogP contribution in [0.15, 0.2) is 69.9 Å². The molecule has 0 saturated heterocycles. The van der Waals surface area contributed by atoms with Crippen LogP contribution < -0.4 is 20.5 Å². The summed E-state index contributed by atoms with van der Waals surface area (Å²) in [6.07, 6.45) is 0.394. The molecule has 15 nitrogen and oxygen atoms in total. The molecule has 238 valence electrons. The normalized spacial score (nSPS) is 11.2. The number of nitrogens with one attached hydrogen (secondary N) is 2.